The van der Waals surface area contributed by atoms with Crippen LogP contribution in [0.15, 0.2) is 30.3 Å². The third kappa shape index (κ3) is 2.58. The van der Waals surface area contributed by atoms with Gasteiger partial charge in [0.25, 0.3) is 0 Å². The fourth-order valence-electron chi connectivity index (χ4n) is 2.51. The number of amides is 1. The van der Waals surface area contributed by atoms with Crippen molar-refractivity contribution in [2.24, 2.45) is 5.92 Å². The highest BCUT2D eigenvalue weighted by Gasteiger charge is 2.50. The summed E-state index contributed by atoms with van der Waals surface area (Å²) in [6, 6.07) is 10.2. The Labute approximate surface area is 110 Å². The molecule has 2 heteroatoms. The first kappa shape index (κ1) is 13.1. The fraction of sp³-hybridized carbons (Fsp3) is 0.562. The molecular formula is C16H23NO. The Balaban J connectivity index is 1.97. The summed E-state index contributed by atoms with van der Waals surface area (Å²) in [4.78, 5) is 12.4. The van der Waals surface area contributed by atoms with Gasteiger partial charge in [0.15, 0.2) is 0 Å². The Bertz CT molecular complexity index is 391. The standard InChI is InChI=1S/C16H23NO/c1-3-13(4-2)12-17-15(18)16(10-11-16)14-8-6-5-7-9-14/h5-9,13H,3-4,10-12H2,1-2H3,(H,17,18). The first-order valence-electron chi connectivity index (χ1n) is 7.06. The molecular weight excluding hydrogens is 222 g/mol. The monoisotopic (exact) mass is 245 g/mol. The molecule has 0 atom stereocenters. The Hall–Kier alpha value is -1.31. The minimum absolute atomic E-state index is 0.215. The van der Waals surface area contributed by atoms with Gasteiger partial charge in [-0.3, -0.25) is 4.79 Å². The van der Waals surface area contributed by atoms with Crippen molar-refractivity contribution >= 4 is 5.91 Å². The van der Waals surface area contributed by atoms with Gasteiger partial charge in [-0.2, -0.15) is 0 Å². The lowest BCUT2D eigenvalue weighted by molar-refractivity contribution is -0.123. The van der Waals surface area contributed by atoms with Crippen molar-refractivity contribution in [1.82, 2.24) is 5.32 Å². The summed E-state index contributed by atoms with van der Waals surface area (Å²) in [5, 5.41) is 3.15. The highest BCUT2D eigenvalue weighted by atomic mass is 16.2. The highest BCUT2D eigenvalue weighted by molar-refractivity contribution is 5.91. The maximum absolute atomic E-state index is 12.4. The third-order valence-electron chi connectivity index (χ3n) is 4.22. The van der Waals surface area contributed by atoms with Gasteiger partial charge in [-0.1, -0.05) is 57.0 Å². The minimum atomic E-state index is -0.215. The van der Waals surface area contributed by atoms with Crippen molar-refractivity contribution in [1.29, 1.82) is 0 Å². The summed E-state index contributed by atoms with van der Waals surface area (Å²) < 4.78 is 0. The van der Waals surface area contributed by atoms with E-state index in [1.54, 1.807) is 0 Å². The largest absolute Gasteiger partial charge is 0.355 e. The number of hydrogen-bond donors (Lipinski definition) is 1. The van der Waals surface area contributed by atoms with Crippen LogP contribution in [0.2, 0.25) is 0 Å². The number of carbonyl (C=O) groups is 1. The first-order chi connectivity index (χ1) is 8.73. The molecule has 1 aromatic carbocycles. The maximum atomic E-state index is 12.4. The summed E-state index contributed by atoms with van der Waals surface area (Å²) in [5.74, 6) is 0.834. The van der Waals surface area contributed by atoms with Crippen LogP contribution in [0.1, 0.15) is 45.1 Å². The molecule has 1 aliphatic carbocycles. The predicted octanol–water partition coefficient (Wildman–Crippen LogP) is 3.27. The molecule has 0 aromatic heterocycles. The molecule has 18 heavy (non-hydrogen) atoms. The van der Waals surface area contributed by atoms with Gasteiger partial charge in [-0.05, 0) is 24.3 Å². The second kappa shape index (κ2) is 5.55. The topological polar surface area (TPSA) is 29.1 Å². The van der Waals surface area contributed by atoms with Crippen molar-refractivity contribution in [3.63, 3.8) is 0 Å². The Morgan fingerprint density at radius 1 is 1.22 bits per heavy atom. The van der Waals surface area contributed by atoms with Crippen LogP contribution in [0.4, 0.5) is 0 Å². The molecule has 0 spiro atoms. The molecule has 2 rings (SSSR count). The Morgan fingerprint density at radius 3 is 2.33 bits per heavy atom. The highest BCUT2D eigenvalue weighted by Crippen LogP contribution is 2.48. The zero-order valence-electron chi connectivity index (χ0n) is 11.4. The van der Waals surface area contributed by atoms with E-state index >= 15 is 0 Å². The molecule has 1 N–H and O–H groups in total. The van der Waals surface area contributed by atoms with Crippen molar-refractivity contribution in [3.05, 3.63) is 35.9 Å². The Morgan fingerprint density at radius 2 is 1.83 bits per heavy atom. The fourth-order valence-corrected chi connectivity index (χ4v) is 2.51. The van der Waals surface area contributed by atoms with Gasteiger partial charge in [0.05, 0.1) is 5.41 Å². The average Bonchev–Trinajstić information content (AvgIpc) is 3.22. The van der Waals surface area contributed by atoms with Crippen LogP contribution in [0, 0.1) is 5.92 Å². The van der Waals surface area contributed by atoms with E-state index in [4.69, 9.17) is 0 Å². The second-order valence-electron chi connectivity index (χ2n) is 5.34. The molecule has 0 bridgehead atoms. The lowest BCUT2D eigenvalue weighted by atomic mass is 9.94. The summed E-state index contributed by atoms with van der Waals surface area (Å²) in [6.07, 6.45) is 4.25. The molecule has 0 heterocycles. The average molecular weight is 245 g/mol. The summed E-state index contributed by atoms with van der Waals surface area (Å²) in [7, 11) is 0. The van der Waals surface area contributed by atoms with Crippen LogP contribution in [0.5, 0.6) is 0 Å². The van der Waals surface area contributed by atoms with Crippen LogP contribution in [0.3, 0.4) is 0 Å². The second-order valence-corrected chi connectivity index (χ2v) is 5.34. The Kier molecular flexibility index (Phi) is 4.05. The van der Waals surface area contributed by atoms with Gasteiger partial charge in [-0.25, -0.2) is 0 Å². The third-order valence-corrected chi connectivity index (χ3v) is 4.22. The van der Waals surface area contributed by atoms with Gasteiger partial charge in [0.1, 0.15) is 0 Å². The molecule has 1 saturated carbocycles. The number of rotatable bonds is 6. The van der Waals surface area contributed by atoms with Gasteiger partial charge in [-0.15, -0.1) is 0 Å². The smallest absolute Gasteiger partial charge is 0.230 e. The molecule has 1 fully saturated rings. The first-order valence-corrected chi connectivity index (χ1v) is 7.06. The van der Waals surface area contributed by atoms with E-state index < -0.39 is 0 Å². The molecule has 0 unspecified atom stereocenters. The summed E-state index contributed by atoms with van der Waals surface area (Å²) in [6.45, 7) is 5.19. The maximum Gasteiger partial charge on any atom is 0.230 e. The normalized spacial score (nSPS) is 16.6. The van der Waals surface area contributed by atoms with Gasteiger partial charge >= 0.3 is 0 Å². The lowest BCUT2D eigenvalue weighted by Gasteiger charge is -2.18. The van der Waals surface area contributed by atoms with E-state index in [0.717, 1.165) is 32.2 Å². The van der Waals surface area contributed by atoms with Gasteiger partial charge in [0.2, 0.25) is 5.91 Å². The molecule has 1 aromatic rings. The van der Waals surface area contributed by atoms with E-state index in [2.05, 4.69) is 31.3 Å². The van der Waals surface area contributed by atoms with E-state index in [0.29, 0.717) is 5.92 Å². The van der Waals surface area contributed by atoms with Gasteiger partial charge < -0.3 is 5.32 Å². The van der Waals surface area contributed by atoms with Crippen molar-refractivity contribution < 1.29 is 4.79 Å². The van der Waals surface area contributed by atoms with Crippen molar-refractivity contribution in [2.75, 3.05) is 6.54 Å². The molecule has 1 amide bonds. The number of benzene rings is 1. The lowest BCUT2D eigenvalue weighted by Crippen LogP contribution is -2.37. The van der Waals surface area contributed by atoms with Crippen LogP contribution >= 0.6 is 0 Å². The molecule has 1 aliphatic rings. The van der Waals surface area contributed by atoms with E-state index in [9.17, 15) is 4.79 Å². The van der Waals surface area contributed by atoms with Crippen LogP contribution in [-0.4, -0.2) is 12.5 Å². The zero-order valence-corrected chi connectivity index (χ0v) is 11.4. The number of hydrogen-bond acceptors (Lipinski definition) is 1. The van der Waals surface area contributed by atoms with E-state index in [1.807, 2.05) is 18.2 Å². The molecule has 0 radical (unpaired) electrons. The quantitative estimate of drug-likeness (QED) is 0.819. The summed E-state index contributed by atoms with van der Waals surface area (Å²) >= 11 is 0. The molecule has 98 valence electrons. The van der Waals surface area contributed by atoms with Crippen LogP contribution in [-0.2, 0) is 10.2 Å². The summed E-state index contributed by atoms with van der Waals surface area (Å²) in [5.41, 5.74) is 0.958. The molecule has 0 aliphatic heterocycles. The molecule has 0 saturated heterocycles. The number of carbonyl (C=O) groups excluding carboxylic acids is 1. The molecule has 2 nitrogen and oxygen atoms in total. The van der Waals surface area contributed by atoms with Gasteiger partial charge in [0, 0.05) is 6.54 Å². The van der Waals surface area contributed by atoms with Crippen molar-refractivity contribution in [2.45, 2.75) is 44.9 Å². The SMILES string of the molecule is CCC(CC)CNC(=O)C1(c2ccccc2)CC1. The van der Waals surface area contributed by atoms with Crippen LogP contribution in [0.25, 0.3) is 0 Å². The van der Waals surface area contributed by atoms with Crippen LogP contribution < -0.4 is 5.32 Å². The van der Waals surface area contributed by atoms with Crippen molar-refractivity contribution in [3.8, 4) is 0 Å². The number of nitrogens with one attached hydrogen (secondary N) is 1. The van der Waals surface area contributed by atoms with E-state index in [1.165, 1.54) is 5.56 Å². The zero-order chi connectivity index (χ0) is 13.0. The minimum Gasteiger partial charge on any atom is -0.355 e. The predicted molar refractivity (Wildman–Crippen MR) is 74.4 cm³/mol. The van der Waals surface area contributed by atoms with E-state index in [-0.39, 0.29) is 11.3 Å².